The van der Waals surface area contributed by atoms with E-state index in [4.69, 9.17) is 11.5 Å². The Morgan fingerprint density at radius 3 is 1.64 bits per heavy atom. The van der Waals surface area contributed by atoms with Crippen LogP contribution in [-0.4, -0.2) is 15.0 Å². The summed E-state index contributed by atoms with van der Waals surface area (Å²) in [6.07, 6.45) is 4.82. The molecule has 14 heavy (non-hydrogen) atoms. The van der Waals surface area contributed by atoms with Gasteiger partial charge in [-0.1, -0.05) is 6.07 Å². The molecule has 0 atom stereocenters. The Hall–Kier alpha value is -2.17. The largest absolute Gasteiger partial charge is 0.384 e. The van der Waals surface area contributed by atoms with Crippen LogP contribution in [0.3, 0.4) is 0 Å². The standard InChI is InChI=1S/C5H5N.C4H6N4/c1-2-4-6-5-3-1;5-3-1-4(6)8-2-7-3/h1-5H;1-2H,(H4,5,6,7,8). The van der Waals surface area contributed by atoms with Crippen LogP contribution in [0, 0.1) is 0 Å². The van der Waals surface area contributed by atoms with Crippen molar-refractivity contribution in [3.63, 3.8) is 0 Å². The average molecular weight is 189 g/mol. The molecule has 0 aliphatic rings. The molecule has 0 saturated heterocycles. The molecule has 0 radical (unpaired) electrons. The second-order valence-electron chi connectivity index (χ2n) is 2.39. The summed E-state index contributed by atoms with van der Waals surface area (Å²) in [5, 5.41) is 0. The number of pyridine rings is 1. The number of aromatic nitrogens is 3. The van der Waals surface area contributed by atoms with E-state index in [1.165, 1.54) is 12.4 Å². The lowest BCUT2D eigenvalue weighted by atomic mass is 10.5. The van der Waals surface area contributed by atoms with E-state index >= 15 is 0 Å². The van der Waals surface area contributed by atoms with E-state index in [0.717, 1.165) is 0 Å². The minimum absolute atomic E-state index is 0.400. The van der Waals surface area contributed by atoms with Crippen LogP contribution in [0.25, 0.3) is 0 Å². The fraction of sp³-hybridized carbons (Fsp3) is 0. The maximum atomic E-state index is 5.23. The van der Waals surface area contributed by atoms with Crippen molar-refractivity contribution in [2.75, 3.05) is 11.5 Å². The summed E-state index contributed by atoms with van der Waals surface area (Å²) in [4.78, 5) is 11.0. The lowest BCUT2D eigenvalue weighted by Crippen LogP contribution is -1.94. The van der Waals surface area contributed by atoms with Gasteiger partial charge in [0.25, 0.3) is 0 Å². The molecule has 0 fully saturated rings. The van der Waals surface area contributed by atoms with Gasteiger partial charge in [0.15, 0.2) is 0 Å². The number of anilines is 2. The number of nitrogens with zero attached hydrogens (tertiary/aromatic N) is 3. The molecular weight excluding hydrogens is 178 g/mol. The molecule has 2 aromatic rings. The Bertz CT molecular complexity index is 319. The molecule has 4 N–H and O–H groups in total. The third-order valence-corrected chi connectivity index (χ3v) is 1.28. The smallest absolute Gasteiger partial charge is 0.128 e. The van der Waals surface area contributed by atoms with Gasteiger partial charge in [0.2, 0.25) is 0 Å². The lowest BCUT2D eigenvalue weighted by molar-refractivity contribution is 1.19. The van der Waals surface area contributed by atoms with E-state index in [-0.39, 0.29) is 0 Å². The first-order valence-corrected chi connectivity index (χ1v) is 3.97. The molecule has 0 aliphatic carbocycles. The Morgan fingerprint density at radius 2 is 1.43 bits per heavy atom. The lowest BCUT2D eigenvalue weighted by Gasteiger charge is -1.89. The van der Waals surface area contributed by atoms with Crippen LogP contribution >= 0.6 is 0 Å². The monoisotopic (exact) mass is 189 g/mol. The Balaban J connectivity index is 0.000000146. The SMILES string of the molecule is Nc1cc(N)ncn1.c1ccncc1. The fourth-order valence-electron chi connectivity index (χ4n) is 0.701. The molecule has 72 valence electrons. The summed E-state index contributed by atoms with van der Waals surface area (Å²) >= 11 is 0. The summed E-state index contributed by atoms with van der Waals surface area (Å²) in [7, 11) is 0. The van der Waals surface area contributed by atoms with Crippen molar-refractivity contribution in [2.24, 2.45) is 0 Å². The van der Waals surface area contributed by atoms with Gasteiger partial charge >= 0.3 is 0 Å². The zero-order valence-corrected chi connectivity index (χ0v) is 7.54. The maximum absolute atomic E-state index is 5.23. The van der Waals surface area contributed by atoms with Gasteiger partial charge in [-0.05, 0) is 12.1 Å². The topological polar surface area (TPSA) is 90.7 Å². The van der Waals surface area contributed by atoms with E-state index in [2.05, 4.69) is 15.0 Å². The highest BCUT2D eigenvalue weighted by Crippen LogP contribution is 1.97. The molecule has 0 saturated carbocycles. The second kappa shape index (κ2) is 5.47. The van der Waals surface area contributed by atoms with E-state index in [9.17, 15) is 0 Å². The molecule has 0 aromatic carbocycles. The molecule has 0 spiro atoms. The van der Waals surface area contributed by atoms with Crippen molar-refractivity contribution in [1.82, 2.24) is 15.0 Å². The fourth-order valence-corrected chi connectivity index (χ4v) is 0.701. The summed E-state index contributed by atoms with van der Waals surface area (Å²) in [5.74, 6) is 0.801. The maximum Gasteiger partial charge on any atom is 0.128 e. The average Bonchev–Trinajstić information content (AvgIpc) is 2.21. The molecule has 2 rings (SSSR count). The highest BCUT2D eigenvalue weighted by atomic mass is 14.9. The normalized spacial score (nSPS) is 8.57. The van der Waals surface area contributed by atoms with Crippen molar-refractivity contribution in [1.29, 1.82) is 0 Å². The van der Waals surface area contributed by atoms with Crippen molar-refractivity contribution in [3.05, 3.63) is 43.0 Å². The number of nitrogen functional groups attached to an aromatic ring is 2. The summed E-state index contributed by atoms with van der Waals surface area (Å²) in [6.45, 7) is 0. The van der Waals surface area contributed by atoms with E-state index < -0.39 is 0 Å². The molecule has 0 amide bonds. The quantitative estimate of drug-likeness (QED) is 0.637. The molecule has 5 nitrogen and oxygen atoms in total. The van der Waals surface area contributed by atoms with Gasteiger partial charge in [-0.3, -0.25) is 4.98 Å². The van der Waals surface area contributed by atoms with Crippen LogP contribution in [0.15, 0.2) is 43.0 Å². The first-order valence-electron chi connectivity index (χ1n) is 3.97. The Labute approximate surface area is 81.8 Å². The van der Waals surface area contributed by atoms with Crippen molar-refractivity contribution < 1.29 is 0 Å². The van der Waals surface area contributed by atoms with Crippen LogP contribution in [0.5, 0.6) is 0 Å². The van der Waals surface area contributed by atoms with Gasteiger partial charge in [-0.25, -0.2) is 9.97 Å². The van der Waals surface area contributed by atoms with Gasteiger partial charge in [-0.2, -0.15) is 0 Å². The van der Waals surface area contributed by atoms with Crippen LogP contribution in [0.4, 0.5) is 11.6 Å². The van der Waals surface area contributed by atoms with Gasteiger partial charge in [0, 0.05) is 18.5 Å². The predicted molar refractivity (Wildman–Crippen MR) is 55.1 cm³/mol. The minimum atomic E-state index is 0.400. The molecule has 0 bridgehead atoms. The Kier molecular flexibility index (Phi) is 3.87. The zero-order valence-electron chi connectivity index (χ0n) is 7.54. The van der Waals surface area contributed by atoms with Crippen molar-refractivity contribution >= 4 is 11.6 Å². The third kappa shape index (κ3) is 4.01. The predicted octanol–water partition coefficient (Wildman–Crippen LogP) is 0.723. The van der Waals surface area contributed by atoms with Gasteiger partial charge in [0.1, 0.15) is 18.0 Å². The van der Waals surface area contributed by atoms with Gasteiger partial charge in [-0.15, -0.1) is 0 Å². The molecule has 2 heterocycles. The van der Waals surface area contributed by atoms with E-state index in [0.29, 0.717) is 11.6 Å². The highest BCUT2D eigenvalue weighted by molar-refractivity contribution is 5.38. The zero-order chi connectivity index (χ0) is 10.2. The third-order valence-electron chi connectivity index (χ3n) is 1.28. The van der Waals surface area contributed by atoms with Crippen LogP contribution in [0.1, 0.15) is 0 Å². The van der Waals surface area contributed by atoms with Crippen molar-refractivity contribution in [2.45, 2.75) is 0 Å². The number of hydrogen-bond acceptors (Lipinski definition) is 5. The summed E-state index contributed by atoms with van der Waals surface area (Å²) < 4.78 is 0. The number of rotatable bonds is 0. The summed E-state index contributed by atoms with van der Waals surface area (Å²) in [6, 6.07) is 7.22. The van der Waals surface area contributed by atoms with E-state index in [1.54, 1.807) is 12.4 Å². The minimum Gasteiger partial charge on any atom is -0.384 e. The highest BCUT2D eigenvalue weighted by Gasteiger charge is 1.84. The van der Waals surface area contributed by atoms with Gasteiger partial charge in [0.05, 0.1) is 0 Å². The summed E-state index contributed by atoms with van der Waals surface area (Å²) in [5.41, 5.74) is 10.5. The van der Waals surface area contributed by atoms with Crippen LogP contribution in [0.2, 0.25) is 0 Å². The van der Waals surface area contributed by atoms with Crippen LogP contribution < -0.4 is 11.5 Å². The number of nitrogens with two attached hydrogens (primary N) is 2. The van der Waals surface area contributed by atoms with Gasteiger partial charge < -0.3 is 11.5 Å². The molecule has 0 unspecified atom stereocenters. The first kappa shape index (κ1) is 9.91. The molecule has 5 heteroatoms. The molecule has 0 aliphatic heterocycles. The second-order valence-corrected chi connectivity index (χ2v) is 2.39. The number of hydrogen-bond donors (Lipinski definition) is 2. The van der Waals surface area contributed by atoms with E-state index in [1.807, 2.05) is 18.2 Å². The van der Waals surface area contributed by atoms with Crippen molar-refractivity contribution in [3.8, 4) is 0 Å². The molecular formula is C9H11N5. The first-order chi connectivity index (χ1) is 6.79. The molecule has 2 aromatic heterocycles. The Morgan fingerprint density at radius 1 is 0.857 bits per heavy atom. The van der Waals surface area contributed by atoms with Crippen LogP contribution in [-0.2, 0) is 0 Å².